The molecule has 110 valence electrons. The fraction of sp³-hybridized carbons (Fsp3) is 0.412. The molecular formula is C17H21N3S. The summed E-state index contributed by atoms with van der Waals surface area (Å²) in [6.07, 6.45) is 3.74. The van der Waals surface area contributed by atoms with Gasteiger partial charge >= 0.3 is 0 Å². The quantitative estimate of drug-likeness (QED) is 0.860. The van der Waals surface area contributed by atoms with Gasteiger partial charge in [0.05, 0.1) is 0 Å². The van der Waals surface area contributed by atoms with Crippen molar-refractivity contribution < 1.29 is 0 Å². The summed E-state index contributed by atoms with van der Waals surface area (Å²) in [6, 6.07) is 6.83. The molecule has 0 aliphatic heterocycles. The van der Waals surface area contributed by atoms with Crippen LogP contribution in [0.1, 0.15) is 35.9 Å². The van der Waals surface area contributed by atoms with E-state index in [2.05, 4.69) is 47.3 Å². The fourth-order valence-corrected chi connectivity index (χ4v) is 3.75. The first-order chi connectivity index (χ1) is 10.2. The van der Waals surface area contributed by atoms with Gasteiger partial charge < -0.3 is 5.32 Å². The van der Waals surface area contributed by atoms with E-state index < -0.39 is 0 Å². The van der Waals surface area contributed by atoms with E-state index >= 15 is 0 Å². The standard InChI is InChI=1S/C17H21N3S/c1-4-18-16-11(2)17(20-12(3)19-16)21-15-9-8-13-6-5-7-14(13)10-15/h8-10H,4-7H2,1-3H3,(H,18,19,20). The van der Waals surface area contributed by atoms with Crippen LogP contribution in [0.15, 0.2) is 28.1 Å². The molecule has 0 saturated heterocycles. The van der Waals surface area contributed by atoms with Crippen molar-refractivity contribution in [2.45, 2.75) is 50.0 Å². The van der Waals surface area contributed by atoms with Gasteiger partial charge in [0.1, 0.15) is 16.7 Å². The van der Waals surface area contributed by atoms with Gasteiger partial charge in [-0.15, -0.1) is 0 Å². The van der Waals surface area contributed by atoms with E-state index in [9.17, 15) is 0 Å². The fourth-order valence-electron chi connectivity index (χ4n) is 2.76. The molecule has 3 rings (SSSR count). The zero-order valence-corrected chi connectivity index (χ0v) is 13.7. The molecule has 0 fully saturated rings. The summed E-state index contributed by atoms with van der Waals surface area (Å²) in [7, 11) is 0. The van der Waals surface area contributed by atoms with Crippen LogP contribution in [0.2, 0.25) is 0 Å². The number of hydrogen-bond acceptors (Lipinski definition) is 4. The maximum atomic E-state index is 4.62. The van der Waals surface area contributed by atoms with Crippen LogP contribution in [0.4, 0.5) is 5.82 Å². The average Bonchev–Trinajstić information content (AvgIpc) is 2.91. The van der Waals surface area contributed by atoms with Crippen molar-refractivity contribution in [3.05, 3.63) is 40.7 Å². The Kier molecular flexibility index (Phi) is 4.15. The third-order valence-electron chi connectivity index (χ3n) is 3.84. The molecule has 0 saturated carbocycles. The topological polar surface area (TPSA) is 37.8 Å². The van der Waals surface area contributed by atoms with E-state index in [1.54, 1.807) is 11.8 Å². The first kappa shape index (κ1) is 14.4. The predicted octanol–water partition coefficient (Wildman–Crippen LogP) is 4.17. The second kappa shape index (κ2) is 6.06. The summed E-state index contributed by atoms with van der Waals surface area (Å²) in [5.41, 5.74) is 4.16. The van der Waals surface area contributed by atoms with Crippen LogP contribution in [0.3, 0.4) is 0 Å². The highest BCUT2D eigenvalue weighted by molar-refractivity contribution is 7.99. The zero-order valence-electron chi connectivity index (χ0n) is 12.9. The summed E-state index contributed by atoms with van der Waals surface area (Å²) in [4.78, 5) is 10.4. The minimum atomic E-state index is 0.820. The predicted molar refractivity (Wildman–Crippen MR) is 88.3 cm³/mol. The van der Waals surface area contributed by atoms with Crippen molar-refractivity contribution in [3.63, 3.8) is 0 Å². The minimum absolute atomic E-state index is 0.820. The molecule has 21 heavy (non-hydrogen) atoms. The number of nitrogens with zero attached hydrogens (tertiary/aromatic N) is 2. The maximum Gasteiger partial charge on any atom is 0.133 e. The first-order valence-corrected chi connectivity index (χ1v) is 8.37. The van der Waals surface area contributed by atoms with Crippen LogP contribution in [0.5, 0.6) is 0 Å². The Morgan fingerprint density at radius 2 is 1.95 bits per heavy atom. The van der Waals surface area contributed by atoms with Crippen LogP contribution >= 0.6 is 11.8 Å². The molecule has 0 amide bonds. The van der Waals surface area contributed by atoms with Crippen molar-refractivity contribution in [2.24, 2.45) is 0 Å². The molecule has 1 aromatic carbocycles. The number of benzene rings is 1. The SMILES string of the molecule is CCNc1nc(C)nc(Sc2ccc3c(c2)CCC3)c1C. The highest BCUT2D eigenvalue weighted by Gasteiger charge is 2.14. The van der Waals surface area contributed by atoms with Crippen LogP contribution in [-0.2, 0) is 12.8 Å². The van der Waals surface area contributed by atoms with Gasteiger partial charge in [-0.2, -0.15) is 0 Å². The number of fused-ring (bicyclic) bond motifs is 1. The molecular weight excluding hydrogens is 278 g/mol. The van der Waals surface area contributed by atoms with Crippen LogP contribution in [-0.4, -0.2) is 16.5 Å². The molecule has 0 unspecified atom stereocenters. The van der Waals surface area contributed by atoms with E-state index in [4.69, 9.17) is 0 Å². The van der Waals surface area contributed by atoms with Crippen molar-refractivity contribution in [2.75, 3.05) is 11.9 Å². The largest absolute Gasteiger partial charge is 0.370 e. The van der Waals surface area contributed by atoms with E-state index in [0.29, 0.717) is 0 Å². The molecule has 0 bridgehead atoms. The number of aromatic nitrogens is 2. The van der Waals surface area contributed by atoms with Crippen molar-refractivity contribution in [3.8, 4) is 0 Å². The van der Waals surface area contributed by atoms with Gasteiger partial charge in [0.25, 0.3) is 0 Å². The molecule has 0 radical (unpaired) electrons. The van der Waals surface area contributed by atoms with Gasteiger partial charge in [0, 0.05) is 17.0 Å². The van der Waals surface area contributed by atoms with Crippen molar-refractivity contribution >= 4 is 17.6 Å². The molecule has 0 spiro atoms. The van der Waals surface area contributed by atoms with Gasteiger partial charge in [0.15, 0.2) is 0 Å². The third-order valence-corrected chi connectivity index (χ3v) is 4.92. The monoisotopic (exact) mass is 299 g/mol. The smallest absolute Gasteiger partial charge is 0.133 e. The number of nitrogens with one attached hydrogen (secondary N) is 1. The van der Waals surface area contributed by atoms with Gasteiger partial charge in [-0.25, -0.2) is 9.97 Å². The molecule has 3 nitrogen and oxygen atoms in total. The maximum absolute atomic E-state index is 4.62. The van der Waals surface area contributed by atoms with Crippen LogP contribution in [0.25, 0.3) is 0 Å². The summed E-state index contributed by atoms with van der Waals surface area (Å²) in [5, 5.41) is 4.37. The second-order valence-corrected chi connectivity index (χ2v) is 6.53. The van der Waals surface area contributed by atoms with Gasteiger partial charge in [-0.1, -0.05) is 17.8 Å². The third kappa shape index (κ3) is 3.05. The minimum Gasteiger partial charge on any atom is -0.370 e. The molecule has 4 heteroatoms. The number of rotatable bonds is 4. The zero-order chi connectivity index (χ0) is 14.8. The first-order valence-electron chi connectivity index (χ1n) is 7.56. The van der Waals surface area contributed by atoms with Crippen LogP contribution in [0, 0.1) is 13.8 Å². The lowest BCUT2D eigenvalue weighted by atomic mass is 10.1. The van der Waals surface area contributed by atoms with Crippen molar-refractivity contribution in [1.29, 1.82) is 0 Å². The van der Waals surface area contributed by atoms with Gasteiger partial charge in [-0.05, 0) is 63.3 Å². The molecule has 1 heterocycles. The highest BCUT2D eigenvalue weighted by Crippen LogP contribution is 2.34. The average molecular weight is 299 g/mol. The van der Waals surface area contributed by atoms with Gasteiger partial charge in [0.2, 0.25) is 0 Å². The molecule has 1 aromatic heterocycles. The van der Waals surface area contributed by atoms with E-state index in [-0.39, 0.29) is 0 Å². The number of hydrogen-bond donors (Lipinski definition) is 1. The molecule has 1 aliphatic carbocycles. The second-order valence-electron chi connectivity index (χ2n) is 5.47. The summed E-state index contributed by atoms with van der Waals surface area (Å²) in [5.74, 6) is 1.77. The summed E-state index contributed by atoms with van der Waals surface area (Å²) >= 11 is 1.74. The number of anilines is 1. The Labute approximate surface area is 130 Å². The van der Waals surface area contributed by atoms with E-state index in [1.165, 1.54) is 35.3 Å². The Hall–Kier alpha value is -1.55. The highest BCUT2D eigenvalue weighted by atomic mass is 32.2. The molecule has 1 N–H and O–H groups in total. The van der Waals surface area contributed by atoms with Gasteiger partial charge in [-0.3, -0.25) is 0 Å². The van der Waals surface area contributed by atoms with Crippen molar-refractivity contribution in [1.82, 2.24) is 9.97 Å². The summed E-state index contributed by atoms with van der Waals surface area (Å²) < 4.78 is 0. The Bertz CT molecular complexity index is 667. The number of aryl methyl sites for hydroxylation is 3. The molecule has 0 atom stereocenters. The van der Waals surface area contributed by atoms with Crippen LogP contribution < -0.4 is 5.32 Å². The molecule has 2 aromatic rings. The molecule has 1 aliphatic rings. The summed E-state index contributed by atoms with van der Waals surface area (Å²) in [6.45, 7) is 7.00. The van der Waals surface area contributed by atoms with E-state index in [1.807, 2.05) is 6.92 Å². The Morgan fingerprint density at radius 3 is 2.76 bits per heavy atom. The lowest BCUT2D eigenvalue weighted by Crippen LogP contribution is -2.05. The van der Waals surface area contributed by atoms with E-state index in [0.717, 1.165) is 28.8 Å². The lowest BCUT2D eigenvalue weighted by Gasteiger charge is -2.12. The normalized spacial score (nSPS) is 13.3. The Morgan fingerprint density at radius 1 is 1.14 bits per heavy atom. The Balaban J connectivity index is 1.90. The lowest BCUT2D eigenvalue weighted by molar-refractivity contribution is 0.911.